The smallest absolute Gasteiger partial charge is 0.263 e. The van der Waals surface area contributed by atoms with Crippen molar-refractivity contribution in [3.05, 3.63) is 76.1 Å². The molecule has 2 aromatic carbocycles. The van der Waals surface area contributed by atoms with Gasteiger partial charge in [-0.15, -0.1) is 17.8 Å². The van der Waals surface area contributed by atoms with Crippen molar-refractivity contribution >= 4 is 28.1 Å². The Kier molecular flexibility index (Phi) is 6.40. The molecule has 0 saturated carbocycles. The summed E-state index contributed by atoms with van der Waals surface area (Å²) in [6.07, 6.45) is 5.75. The molecule has 1 aromatic heterocycles. The minimum Gasteiger partial charge on any atom is -0.369 e. The standard InChI is InChI=1S/C24H21F3N4OS/c1-3-24(2,15-4-6-16(25)7-5-15)20-14-33-23(29-20)30-22(32)21-18(26)12-17(13-19(21)27)31-10-8-28-9-11-31/h1,4-7,12-14,28H,8-11H2,2H3,(H,29,30,32). The Labute approximate surface area is 193 Å². The van der Waals surface area contributed by atoms with Crippen molar-refractivity contribution in [3.8, 4) is 12.3 Å². The van der Waals surface area contributed by atoms with Gasteiger partial charge >= 0.3 is 0 Å². The number of nitrogens with zero attached hydrogens (tertiary/aromatic N) is 2. The molecule has 1 atom stereocenters. The van der Waals surface area contributed by atoms with Crippen LogP contribution in [0.15, 0.2) is 41.8 Å². The van der Waals surface area contributed by atoms with Gasteiger partial charge in [-0.1, -0.05) is 18.1 Å². The van der Waals surface area contributed by atoms with Crippen molar-refractivity contribution in [2.24, 2.45) is 0 Å². The first kappa shape index (κ1) is 22.8. The van der Waals surface area contributed by atoms with Crippen LogP contribution in [-0.4, -0.2) is 37.1 Å². The second-order valence-electron chi connectivity index (χ2n) is 7.79. The second-order valence-corrected chi connectivity index (χ2v) is 8.65. The van der Waals surface area contributed by atoms with Crippen LogP contribution in [0, 0.1) is 29.8 Å². The average Bonchev–Trinajstić information content (AvgIpc) is 3.28. The summed E-state index contributed by atoms with van der Waals surface area (Å²) >= 11 is 1.08. The van der Waals surface area contributed by atoms with Gasteiger partial charge in [0.1, 0.15) is 23.0 Å². The molecule has 4 rings (SSSR count). The van der Waals surface area contributed by atoms with E-state index in [4.69, 9.17) is 6.42 Å². The summed E-state index contributed by atoms with van der Waals surface area (Å²) in [5.41, 5.74) is -0.163. The maximum Gasteiger partial charge on any atom is 0.263 e. The zero-order valence-corrected chi connectivity index (χ0v) is 18.6. The van der Waals surface area contributed by atoms with Crippen LogP contribution in [0.1, 0.15) is 28.5 Å². The number of carbonyl (C=O) groups is 1. The van der Waals surface area contributed by atoms with Crippen molar-refractivity contribution in [3.63, 3.8) is 0 Å². The zero-order chi connectivity index (χ0) is 23.6. The number of hydrogen-bond donors (Lipinski definition) is 2. The summed E-state index contributed by atoms with van der Waals surface area (Å²) in [4.78, 5) is 18.9. The molecule has 170 valence electrons. The molecule has 1 unspecified atom stereocenters. The summed E-state index contributed by atoms with van der Waals surface area (Å²) in [5.74, 6) is -0.564. The van der Waals surface area contributed by atoms with Crippen molar-refractivity contribution in [1.29, 1.82) is 0 Å². The summed E-state index contributed by atoms with van der Waals surface area (Å²) < 4.78 is 42.7. The van der Waals surface area contributed by atoms with Gasteiger partial charge in [0.05, 0.1) is 11.1 Å². The molecule has 0 spiro atoms. The van der Waals surface area contributed by atoms with E-state index in [1.165, 1.54) is 24.3 Å². The van der Waals surface area contributed by atoms with E-state index >= 15 is 0 Å². The molecular formula is C24H21F3N4OS. The Hall–Kier alpha value is -3.35. The van der Waals surface area contributed by atoms with E-state index in [1.54, 1.807) is 24.4 Å². The number of thiazole rings is 1. The Bertz CT molecular complexity index is 1190. The maximum atomic E-state index is 14.7. The van der Waals surface area contributed by atoms with E-state index in [0.717, 1.165) is 11.3 Å². The third kappa shape index (κ3) is 4.58. The van der Waals surface area contributed by atoms with Crippen molar-refractivity contribution in [1.82, 2.24) is 10.3 Å². The molecule has 1 aliphatic rings. The lowest BCUT2D eigenvalue weighted by atomic mass is 9.81. The Balaban J connectivity index is 1.55. The van der Waals surface area contributed by atoms with E-state index in [-0.39, 0.29) is 5.13 Å². The van der Waals surface area contributed by atoms with Crippen LogP contribution in [-0.2, 0) is 5.41 Å². The first-order valence-corrected chi connectivity index (χ1v) is 11.2. The molecule has 33 heavy (non-hydrogen) atoms. The molecule has 1 aliphatic heterocycles. The van der Waals surface area contributed by atoms with Crippen LogP contribution in [0.5, 0.6) is 0 Å². The molecule has 1 fully saturated rings. The fraction of sp³-hybridized carbons (Fsp3) is 0.250. The van der Waals surface area contributed by atoms with Gasteiger partial charge in [0.2, 0.25) is 0 Å². The molecule has 0 bridgehead atoms. The van der Waals surface area contributed by atoms with Gasteiger partial charge in [0.15, 0.2) is 5.13 Å². The SMILES string of the molecule is C#CC(C)(c1ccc(F)cc1)c1csc(NC(=O)c2c(F)cc(N3CCNCC3)cc2F)n1. The lowest BCUT2D eigenvalue weighted by molar-refractivity contribution is 0.101. The normalized spacial score (nSPS) is 15.5. The predicted octanol–water partition coefficient (Wildman–Crippen LogP) is 4.16. The highest BCUT2D eigenvalue weighted by molar-refractivity contribution is 7.14. The minimum absolute atomic E-state index is 0.142. The van der Waals surface area contributed by atoms with Crippen molar-refractivity contribution < 1.29 is 18.0 Å². The number of halogens is 3. The summed E-state index contributed by atoms with van der Waals surface area (Å²) in [7, 11) is 0. The van der Waals surface area contributed by atoms with Crippen LogP contribution >= 0.6 is 11.3 Å². The number of terminal acetylenes is 1. The third-order valence-corrected chi connectivity index (χ3v) is 6.44. The zero-order valence-electron chi connectivity index (χ0n) is 17.8. The quantitative estimate of drug-likeness (QED) is 0.550. The maximum absolute atomic E-state index is 14.7. The highest BCUT2D eigenvalue weighted by Gasteiger charge is 2.30. The number of amides is 1. The van der Waals surface area contributed by atoms with E-state index in [2.05, 4.69) is 21.5 Å². The minimum atomic E-state index is -0.978. The molecule has 1 amide bonds. The van der Waals surface area contributed by atoms with Crippen LogP contribution in [0.2, 0.25) is 0 Å². The largest absolute Gasteiger partial charge is 0.369 e. The van der Waals surface area contributed by atoms with Gasteiger partial charge in [0, 0.05) is 37.2 Å². The lowest BCUT2D eigenvalue weighted by Gasteiger charge is -2.29. The third-order valence-electron chi connectivity index (χ3n) is 5.68. The van der Waals surface area contributed by atoms with Crippen LogP contribution in [0.25, 0.3) is 0 Å². The van der Waals surface area contributed by atoms with E-state index in [9.17, 15) is 18.0 Å². The van der Waals surface area contributed by atoms with Crippen molar-refractivity contribution in [2.45, 2.75) is 12.3 Å². The Morgan fingerprint density at radius 2 is 1.82 bits per heavy atom. The molecule has 2 N–H and O–H groups in total. The Morgan fingerprint density at radius 3 is 2.42 bits per heavy atom. The Morgan fingerprint density at radius 1 is 1.18 bits per heavy atom. The summed E-state index contributed by atoms with van der Waals surface area (Å²) in [6.45, 7) is 4.41. The molecule has 3 aromatic rings. The number of anilines is 2. The molecule has 1 saturated heterocycles. The molecule has 0 aliphatic carbocycles. The molecule has 0 radical (unpaired) electrons. The van der Waals surface area contributed by atoms with E-state index in [1.807, 2.05) is 4.90 Å². The molecular weight excluding hydrogens is 449 g/mol. The van der Waals surface area contributed by atoms with E-state index in [0.29, 0.717) is 43.1 Å². The first-order valence-electron chi connectivity index (χ1n) is 10.3. The fourth-order valence-electron chi connectivity index (χ4n) is 3.69. The number of benzene rings is 2. The van der Waals surface area contributed by atoms with Gasteiger partial charge in [-0.25, -0.2) is 18.2 Å². The van der Waals surface area contributed by atoms with Gasteiger partial charge in [-0.05, 0) is 36.8 Å². The highest BCUT2D eigenvalue weighted by atomic mass is 32.1. The van der Waals surface area contributed by atoms with Gasteiger partial charge in [-0.2, -0.15) is 0 Å². The number of piperazine rings is 1. The van der Waals surface area contributed by atoms with Crippen LogP contribution in [0.3, 0.4) is 0 Å². The average molecular weight is 471 g/mol. The number of nitrogens with one attached hydrogen (secondary N) is 2. The lowest BCUT2D eigenvalue weighted by Crippen LogP contribution is -2.43. The molecule has 2 heterocycles. The van der Waals surface area contributed by atoms with Gasteiger partial charge in [0.25, 0.3) is 5.91 Å². The first-order chi connectivity index (χ1) is 15.8. The topological polar surface area (TPSA) is 57.3 Å². The summed E-state index contributed by atoms with van der Waals surface area (Å²) in [6, 6.07) is 8.07. The number of rotatable bonds is 5. The molecule has 9 heteroatoms. The number of aromatic nitrogens is 1. The van der Waals surface area contributed by atoms with Crippen LogP contribution < -0.4 is 15.5 Å². The monoisotopic (exact) mass is 470 g/mol. The second kappa shape index (κ2) is 9.25. The molecule has 5 nitrogen and oxygen atoms in total. The fourth-order valence-corrected chi connectivity index (χ4v) is 4.51. The summed E-state index contributed by atoms with van der Waals surface area (Å²) in [5, 5.41) is 7.42. The van der Waals surface area contributed by atoms with Crippen molar-refractivity contribution in [2.75, 3.05) is 36.4 Å². The number of carbonyl (C=O) groups excluding carboxylic acids is 1. The predicted molar refractivity (Wildman–Crippen MR) is 123 cm³/mol. The van der Waals surface area contributed by atoms with Gasteiger partial charge in [-0.3, -0.25) is 10.1 Å². The highest BCUT2D eigenvalue weighted by Crippen LogP contribution is 2.34. The van der Waals surface area contributed by atoms with Crippen LogP contribution in [0.4, 0.5) is 24.0 Å². The van der Waals surface area contributed by atoms with E-state index < -0.39 is 34.3 Å². The number of hydrogen-bond acceptors (Lipinski definition) is 5. The van der Waals surface area contributed by atoms with Gasteiger partial charge < -0.3 is 10.2 Å².